The quantitative estimate of drug-likeness (QED) is 0.788. The highest BCUT2D eigenvalue weighted by Crippen LogP contribution is 2.27. The maximum Gasteiger partial charge on any atom is 0.119 e. The van der Waals surface area contributed by atoms with E-state index >= 15 is 0 Å². The summed E-state index contributed by atoms with van der Waals surface area (Å²) in [5, 5.41) is 0. The van der Waals surface area contributed by atoms with E-state index in [0.29, 0.717) is 13.2 Å². The molecule has 0 radical (unpaired) electrons. The van der Waals surface area contributed by atoms with E-state index in [1.54, 1.807) is 0 Å². The van der Waals surface area contributed by atoms with E-state index in [2.05, 4.69) is 18.2 Å². The third kappa shape index (κ3) is 5.23. The number of rotatable bonds is 6. The second-order valence-corrected chi connectivity index (χ2v) is 5.68. The Morgan fingerprint density at radius 3 is 2.63 bits per heavy atom. The van der Waals surface area contributed by atoms with Gasteiger partial charge in [0.2, 0.25) is 0 Å². The van der Waals surface area contributed by atoms with Gasteiger partial charge in [-0.1, -0.05) is 50.7 Å². The number of hydrogen-bond acceptors (Lipinski definition) is 2. The first kappa shape index (κ1) is 14.4. The van der Waals surface area contributed by atoms with Crippen molar-refractivity contribution in [3.05, 3.63) is 29.8 Å². The first-order valence-electron chi connectivity index (χ1n) is 7.80. The van der Waals surface area contributed by atoms with Crippen LogP contribution in [0.3, 0.4) is 0 Å². The van der Waals surface area contributed by atoms with Gasteiger partial charge in [0, 0.05) is 6.54 Å². The molecule has 1 aliphatic rings. The van der Waals surface area contributed by atoms with Crippen LogP contribution in [0.5, 0.6) is 5.75 Å². The zero-order valence-electron chi connectivity index (χ0n) is 11.9. The summed E-state index contributed by atoms with van der Waals surface area (Å²) in [5.41, 5.74) is 6.86. The summed E-state index contributed by atoms with van der Waals surface area (Å²) < 4.78 is 5.58. The van der Waals surface area contributed by atoms with Crippen LogP contribution in [0.25, 0.3) is 0 Å². The molecule has 0 spiro atoms. The van der Waals surface area contributed by atoms with Crippen LogP contribution in [0.2, 0.25) is 0 Å². The normalized spacial score (nSPS) is 17.1. The van der Waals surface area contributed by atoms with Gasteiger partial charge >= 0.3 is 0 Å². The Hall–Kier alpha value is -1.02. The molecule has 1 saturated carbocycles. The first-order valence-corrected chi connectivity index (χ1v) is 7.80. The molecule has 0 atom stereocenters. The van der Waals surface area contributed by atoms with Crippen molar-refractivity contribution in [2.45, 2.75) is 51.4 Å². The van der Waals surface area contributed by atoms with Gasteiger partial charge in [-0.2, -0.15) is 0 Å². The number of hydrogen-bond donors (Lipinski definition) is 1. The lowest BCUT2D eigenvalue weighted by Crippen LogP contribution is -2.10. The van der Waals surface area contributed by atoms with E-state index in [-0.39, 0.29) is 0 Å². The van der Waals surface area contributed by atoms with Crippen molar-refractivity contribution in [3.63, 3.8) is 0 Å². The van der Waals surface area contributed by atoms with E-state index in [1.807, 2.05) is 6.07 Å². The fraction of sp³-hybridized carbons (Fsp3) is 0.647. The summed E-state index contributed by atoms with van der Waals surface area (Å²) in [6.45, 7) is 1.18. The molecular formula is C17H27NO. The third-order valence-electron chi connectivity index (χ3n) is 4.10. The molecule has 2 rings (SSSR count). The number of aryl methyl sites for hydroxylation is 1. The van der Waals surface area contributed by atoms with Crippen molar-refractivity contribution in [1.29, 1.82) is 0 Å². The van der Waals surface area contributed by atoms with Crippen molar-refractivity contribution in [2.75, 3.05) is 13.2 Å². The Kier molecular flexibility index (Phi) is 6.22. The maximum absolute atomic E-state index is 5.58. The topological polar surface area (TPSA) is 35.2 Å². The zero-order chi connectivity index (χ0) is 13.3. The highest BCUT2D eigenvalue weighted by atomic mass is 16.5. The number of nitrogens with two attached hydrogens (primary N) is 1. The fourth-order valence-electron chi connectivity index (χ4n) is 2.99. The molecule has 0 aliphatic heterocycles. The first-order chi connectivity index (χ1) is 9.38. The van der Waals surface area contributed by atoms with E-state index in [0.717, 1.165) is 11.7 Å². The van der Waals surface area contributed by atoms with Crippen LogP contribution in [0.15, 0.2) is 24.3 Å². The van der Waals surface area contributed by atoms with E-state index in [4.69, 9.17) is 10.5 Å². The van der Waals surface area contributed by atoms with E-state index < -0.39 is 0 Å². The molecule has 1 aromatic rings. The molecule has 0 saturated heterocycles. The molecule has 0 amide bonds. The molecule has 2 N–H and O–H groups in total. The van der Waals surface area contributed by atoms with Crippen molar-refractivity contribution in [3.8, 4) is 5.75 Å². The lowest BCUT2D eigenvalue weighted by Gasteiger charge is -2.14. The van der Waals surface area contributed by atoms with Crippen molar-refractivity contribution in [2.24, 2.45) is 11.7 Å². The van der Waals surface area contributed by atoms with Gasteiger partial charge in [-0.15, -0.1) is 0 Å². The summed E-state index contributed by atoms with van der Waals surface area (Å²) in [6.07, 6.45) is 11.1. The molecule has 2 nitrogen and oxygen atoms in total. The predicted molar refractivity (Wildman–Crippen MR) is 80.5 cm³/mol. The monoisotopic (exact) mass is 261 g/mol. The Morgan fingerprint density at radius 1 is 1.11 bits per heavy atom. The molecule has 19 heavy (non-hydrogen) atoms. The smallest absolute Gasteiger partial charge is 0.119 e. The summed E-state index contributed by atoms with van der Waals surface area (Å²) in [6, 6.07) is 8.50. The van der Waals surface area contributed by atoms with Crippen LogP contribution < -0.4 is 10.5 Å². The van der Waals surface area contributed by atoms with E-state index in [9.17, 15) is 0 Å². The van der Waals surface area contributed by atoms with Crippen LogP contribution in [-0.4, -0.2) is 13.2 Å². The minimum Gasteiger partial charge on any atom is -0.492 e. The van der Waals surface area contributed by atoms with Crippen molar-refractivity contribution < 1.29 is 4.74 Å². The molecular weight excluding hydrogens is 234 g/mol. The SMILES string of the molecule is NCCOc1cccc(CCC2CCCCCC2)c1. The van der Waals surface area contributed by atoms with Crippen molar-refractivity contribution >= 4 is 0 Å². The van der Waals surface area contributed by atoms with Crippen LogP contribution in [0, 0.1) is 5.92 Å². The average molecular weight is 261 g/mol. The van der Waals surface area contributed by atoms with Gasteiger partial charge in [-0.3, -0.25) is 0 Å². The molecule has 1 aromatic carbocycles. The summed E-state index contributed by atoms with van der Waals surface area (Å²) in [7, 11) is 0. The minimum absolute atomic E-state index is 0.576. The van der Waals surface area contributed by atoms with Gasteiger partial charge in [0.1, 0.15) is 12.4 Å². The zero-order valence-corrected chi connectivity index (χ0v) is 11.9. The van der Waals surface area contributed by atoms with Crippen molar-refractivity contribution in [1.82, 2.24) is 0 Å². The van der Waals surface area contributed by atoms with Gasteiger partial charge in [0.25, 0.3) is 0 Å². The number of benzene rings is 1. The maximum atomic E-state index is 5.58. The molecule has 0 bridgehead atoms. The summed E-state index contributed by atoms with van der Waals surface area (Å²) in [5.74, 6) is 1.90. The highest BCUT2D eigenvalue weighted by molar-refractivity contribution is 5.28. The molecule has 0 aromatic heterocycles. The predicted octanol–water partition coefficient (Wildman–Crippen LogP) is 3.93. The highest BCUT2D eigenvalue weighted by Gasteiger charge is 2.12. The van der Waals surface area contributed by atoms with Gasteiger partial charge in [-0.25, -0.2) is 0 Å². The molecule has 106 valence electrons. The molecule has 1 fully saturated rings. The molecule has 0 heterocycles. The van der Waals surface area contributed by atoms with Crippen LogP contribution in [-0.2, 0) is 6.42 Å². The van der Waals surface area contributed by atoms with Gasteiger partial charge < -0.3 is 10.5 Å². The lowest BCUT2D eigenvalue weighted by atomic mass is 9.93. The Balaban J connectivity index is 1.81. The largest absolute Gasteiger partial charge is 0.492 e. The second-order valence-electron chi connectivity index (χ2n) is 5.68. The third-order valence-corrected chi connectivity index (χ3v) is 4.10. The van der Waals surface area contributed by atoms with Gasteiger partial charge in [-0.05, 0) is 36.5 Å². The molecule has 0 unspecified atom stereocenters. The van der Waals surface area contributed by atoms with Crippen LogP contribution >= 0.6 is 0 Å². The summed E-state index contributed by atoms with van der Waals surface area (Å²) in [4.78, 5) is 0. The average Bonchev–Trinajstić information content (AvgIpc) is 2.72. The molecule has 1 aliphatic carbocycles. The Bertz CT molecular complexity index is 356. The van der Waals surface area contributed by atoms with Crippen LogP contribution in [0.1, 0.15) is 50.5 Å². The Morgan fingerprint density at radius 2 is 1.89 bits per heavy atom. The summed E-state index contributed by atoms with van der Waals surface area (Å²) >= 11 is 0. The van der Waals surface area contributed by atoms with Gasteiger partial charge in [0.15, 0.2) is 0 Å². The lowest BCUT2D eigenvalue weighted by molar-refractivity contribution is 0.328. The molecule has 2 heteroatoms. The minimum atomic E-state index is 0.576. The van der Waals surface area contributed by atoms with Gasteiger partial charge in [0.05, 0.1) is 0 Å². The van der Waals surface area contributed by atoms with Crippen LogP contribution in [0.4, 0.5) is 0 Å². The standard InChI is InChI=1S/C17H27NO/c18-12-13-19-17-9-5-8-16(14-17)11-10-15-6-3-1-2-4-7-15/h5,8-9,14-15H,1-4,6-7,10-13,18H2. The number of ether oxygens (including phenoxy) is 1. The Labute approximate surface area is 117 Å². The second kappa shape index (κ2) is 8.21. The fourth-order valence-corrected chi connectivity index (χ4v) is 2.99. The van der Waals surface area contributed by atoms with E-state index in [1.165, 1.54) is 56.9 Å².